The van der Waals surface area contributed by atoms with E-state index >= 15 is 0 Å². The minimum absolute atomic E-state index is 0.513. The summed E-state index contributed by atoms with van der Waals surface area (Å²) in [7, 11) is 0. The topological polar surface area (TPSA) is 66.8 Å². The number of hydrogen-bond acceptors (Lipinski definition) is 3. The van der Waals surface area contributed by atoms with Crippen LogP contribution in [0.1, 0.15) is 35.4 Å². The highest BCUT2D eigenvalue weighted by Gasteiger charge is 2.41. The third-order valence-corrected chi connectivity index (χ3v) is 1.44. The SMILES string of the molecule is [2H]C1([2H])N(C(=O)OC(C)(C)C)C([2H])(C(=O)O)C([2H])([2H])C1([2H])F. The third-order valence-electron chi connectivity index (χ3n) is 1.44. The minimum Gasteiger partial charge on any atom is -0.480 e. The van der Waals surface area contributed by atoms with Gasteiger partial charge < -0.3 is 9.84 Å². The quantitative estimate of drug-likeness (QED) is 0.751. The molecule has 0 radical (unpaired) electrons. The first-order chi connectivity index (χ1) is 9.44. The Bertz CT molecular complexity index is 520. The number of hydrogen-bond donors (Lipinski definition) is 1. The Morgan fingerprint density at radius 1 is 1.62 bits per heavy atom. The highest BCUT2D eigenvalue weighted by atomic mass is 19.1. The summed E-state index contributed by atoms with van der Waals surface area (Å²) in [5, 5.41) is 9.10. The number of aliphatic carboxylic acids is 1. The summed E-state index contributed by atoms with van der Waals surface area (Å²) in [5.41, 5.74) is -1.23. The first-order valence-electron chi connectivity index (χ1n) is 7.40. The number of likely N-dealkylation sites (tertiary alicyclic amines) is 1. The van der Waals surface area contributed by atoms with Gasteiger partial charge in [0.1, 0.15) is 17.8 Å². The van der Waals surface area contributed by atoms with Gasteiger partial charge in [0.25, 0.3) is 0 Å². The summed E-state index contributed by atoms with van der Waals surface area (Å²) in [6, 6.07) is -3.71. The Hall–Kier alpha value is -1.33. The number of carbonyl (C=O) groups is 2. The van der Waals surface area contributed by atoms with Gasteiger partial charge in [0, 0.05) is 9.11 Å². The number of carbonyl (C=O) groups excluding carboxylic acids is 1. The molecule has 0 aliphatic carbocycles. The van der Waals surface area contributed by atoms with Crippen molar-refractivity contribution in [3.8, 4) is 0 Å². The summed E-state index contributed by atoms with van der Waals surface area (Å²) < 4.78 is 63.9. The molecular formula is C10H16FNO4. The maximum Gasteiger partial charge on any atom is 0.411 e. The third kappa shape index (κ3) is 3.08. The molecule has 2 unspecified atom stereocenters. The second kappa shape index (κ2) is 4.27. The first-order valence-corrected chi connectivity index (χ1v) is 4.40. The van der Waals surface area contributed by atoms with E-state index in [4.69, 9.17) is 18.1 Å². The lowest BCUT2D eigenvalue weighted by molar-refractivity contribution is -0.142. The van der Waals surface area contributed by atoms with Crippen molar-refractivity contribution in [1.29, 1.82) is 0 Å². The molecule has 1 N–H and O–H groups in total. The van der Waals surface area contributed by atoms with E-state index in [0.29, 0.717) is 0 Å². The summed E-state index contributed by atoms with van der Waals surface area (Å²) in [5.74, 6) is -2.32. The number of rotatable bonds is 1. The van der Waals surface area contributed by atoms with Crippen LogP contribution in [0, 0.1) is 0 Å². The molecule has 1 saturated heterocycles. The molecule has 0 aromatic rings. The first kappa shape index (κ1) is 6.42. The Morgan fingerprint density at radius 3 is 2.62 bits per heavy atom. The molecule has 16 heavy (non-hydrogen) atoms. The zero-order valence-electron chi connectivity index (χ0n) is 15.0. The Morgan fingerprint density at radius 2 is 2.19 bits per heavy atom. The lowest BCUT2D eigenvalue weighted by Crippen LogP contribution is -2.43. The van der Waals surface area contributed by atoms with Gasteiger partial charge in [0.2, 0.25) is 0 Å². The van der Waals surface area contributed by atoms with Crippen LogP contribution in [0.15, 0.2) is 0 Å². The molecule has 5 nitrogen and oxygen atoms in total. The van der Waals surface area contributed by atoms with Crippen LogP contribution in [-0.2, 0) is 9.53 Å². The molecule has 0 bridgehead atoms. The number of ether oxygens (including phenoxy) is 1. The average molecular weight is 239 g/mol. The van der Waals surface area contributed by atoms with Crippen molar-refractivity contribution in [2.24, 2.45) is 0 Å². The molecule has 1 amide bonds. The second-order valence-corrected chi connectivity index (χ2v) is 4.02. The van der Waals surface area contributed by atoms with E-state index in [2.05, 4.69) is 0 Å². The fraction of sp³-hybridized carbons (Fsp3) is 0.800. The highest BCUT2D eigenvalue weighted by molar-refractivity contribution is 5.81. The molecule has 92 valence electrons. The monoisotopic (exact) mass is 239 g/mol. The van der Waals surface area contributed by atoms with Gasteiger partial charge in [0.05, 0.1) is 12.0 Å². The zero-order valence-corrected chi connectivity index (χ0v) is 9.00. The van der Waals surface area contributed by atoms with Crippen LogP contribution in [-0.4, -0.2) is 46.3 Å². The van der Waals surface area contributed by atoms with Crippen LogP contribution in [0.5, 0.6) is 0 Å². The molecule has 2 atom stereocenters. The molecule has 1 rings (SSSR count). The summed E-state index contributed by atoms with van der Waals surface area (Å²) >= 11 is 0. The maximum absolute atomic E-state index is 14.3. The van der Waals surface area contributed by atoms with Crippen LogP contribution in [0.25, 0.3) is 0 Å². The molecule has 1 heterocycles. The standard InChI is InChI=1S/C10H16FNO4/c1-10(2,3)16-9(15)12-5-6(11)4-7(12)8(13)14/h6-7H,4-5H2,1-3H3,(H,13,14)/i4D2,5D2,6D,7D. The van der Waals surface area contributed by atoms with Gasteiger partial charge in [-0.25, -0.2) is 14.0 Å². The van der Waals surface area contributed by atoms with Crippen molar-refractivity contribution in [3.05, 3.63) is 0 Å². The summed E-state index contributed by atoms with van der Waals surface area (Å²) in [6.45, 7) is 0.349. The molecular weight excluding hydrogens is 217 g/mol. The van der Waals surface area contributed by atoms with E-state index < -0.39 is 47.6 Å². The van der Waals surface area contributed by atoms with Crippen LogP contribution in [0.2, 0.25) is 0 Å². The molecule has 0 saturated carbocycles. The average Bonchev–Trinajstić information content (AvgIpc) is 2.31. The number of carboxylic acid groups (broad SMARTS) is 1. The summed E-state index contributed by atoms with van der Waals surface area (Å²) in [6.07, 6.45) is -9.80. The van der Waals surface area contributed by atoms with Gasteiger partial charge in [-0.1, -0.05) is 0 Å². The largest absolute Gasteiger partial charge is 0.480 e. The van der Waals surface area contributed by atoms with Crippen molar-refractivity contribution in [2.75, 3.05) is 6.50 Å². The maximum atomic E-state index is 14.3. The smallest absolute Gasteiger partial charge is 0.411 e. The van der Waals surface area contributed by atoms with Crippen molar-refractivity contribution in [1.82, 2.24) is 4.90 Å². The fourth-order valence-electron chi connectivity index (χ4n) is 0.935. The van der Waals surface area contributed by atoms with Crippen molar-refractivity contribution in [3.63, 3.8) is 0 Å². The molecule has 0 spiro atoms. The molecule has 0 aromatic heterocycles. The fourth-order valence-corrected chi connectivity index (χ4v) is 0.935. The van der Waals surface area contributed by atoms with Crippen LogP contribution in [0.3, 0.4) is 0 Å². The predicted molar refractivity (Wildman–Crippen MR) is 53.9 cm³/mol. The van der Waals surface area contributed by atoms with Gasteiger partial charge in [-0.2, -0.15) is 0 Å². The highest BCUT2D eigenvalue weighted by Crippen LogP contribution is 2.23. The van der Waals surface area contributed by atoms with Gasteiger partial charge in [-0.3, -0.25) is 4.90 Å². The molecule has 1 fully saturated rings. The molecule has 1 aliphatic rings. The van der Waals surface area contributed by atoms with E-state index in [1.165, 1.54) is 20.8 Å². The minimum atomic E-state index is -4.20. The van der Waals surface area contributed by atoms with E-state index in [-0.39, 0.29) is 0 Å². The van der Waals surface area contributed by atoms with E-state index in [1.54, 1.807) is 0 Å². The number of alkyl halides is 1. The van der Waals surface area contributed by atoms with Gasteiger partial charge >= 0.3 is 12.1 Å². The van der Waals surface area contributed by atoms with E-state index in [1.807, 2.05) is 0 Å². The number of amides is 1. The van der Waals surface area contributed by atoms with Crippen LogP contribution < -0.4 is 0 Å². The lowest BCUT2D eigenvalue weighted by atomic mass is 10.2. The number of halogens is 1. The van der Waals surface area contributed by atoms with Crippen molar-refractivity contribution < 1.29 is 32.0 Å². The Kier molecular flexibility index (Phi) is 1.71. The van der Waals surface area contributed by atoms with Crippen molar-refractivity contribution >= 4 is 12.1 Å². The molecule has 6 heteroatoms. The Labute approximate surface area is 102 Å². The predicted octanol–water partition coefficient (Wildman–Crippen LogP) is 1.42. The second-order valence-electron chi connectivity index (χ2n) is 4.02. The van der Waals surface area contributed by atoms with E-state index in [9.17, 15) is 14.0 Å². The summed E-state index contributed by atoms with van der Waals surface area (Å²) in [4.78, 5) is 22.8. The Balaban J connectivity index is 3.58. The van der Waals surface area contributed by atoms with Crippen molar-refractivity contribution in [2.45, 2.75) is 44.9 Å². The van der Waals surface area contributed by atoms with Gasteiger partial charge in [0.15, 0.2) is 0 Å². The molecule has 1 aliphatic heterocycles. The van der Waals surface area contributed by atoms with Gasteiger partial charge in [-0.15, -0.1) is 0 Å². The lowest BCUT2D eigenvalue weighted by Gasteiger charge is -2.26. The van der Waals surface area contributed by atoms with Gasteiger partial charge in [-0.05, 0) is 20.8 Å². The number of carboxylic acids is 1. The number of nitrogens with zero attached hydrogens (tertiary/aromatic N) is 1. The van der Waals surface area contributed by atoms with E-state index in [0.717, 1.165) is 0 Å². The zero-order chi connectivity index (χ0) is 17.9. The normalized spacial score (nSPS) is 46.6. The molecule has 0 aromatic carbocycles. The van der Waals surface area contributed by atoms with Crippen LogP contribution >= 0.6 is 0 Å². The van der Waals surface area contributed by atoms with Crippen LogP contribution in [0.4, 0.5) is 9.18 Å².